The molecular weight excluding hydrogens is 356 g/mol. The third-order valence-corrected chi connectivity index (χ3v) is 5.69. The van der Waals surface area contributed by atoms with Gasteiger partial charge < -0.3 is 18.9 Å². The van der Waals surface area contributed by atoms with Gasteiger partial charge in [0, 0.05) is 5.56 Å². The van der Waals surface area contributed by atoms with Crippen LogP contribution in [0, 0.1) is 11.8 Å². The molecule has 0 amide bonds. The standard InChI is InChI=1S/C22H30N2O4/c1-13(2)16-11-25-20(23-16)18-19(21-24-17(12-26-21)14(3)4)28-22(5,27-18)15-9-7-6-8-10-15/h6-10,13-14,16-19H,11-12H2,1-5H3/t16-,17-,18-,19-/m1/s1. The first kappa shape index (κ1) is 19.4. The highest BCUT2D eigenvalue weighted by atomic mass is 16.8. The van der Waals surface area contributed by atoms with Crippen LogP contribution >= 0.6 is 0 Å². The minimum atomic E-state index is -0.916. The third-order valence-electron chi connectivity index (χ3n) is 5.69. The zero-order chi connectivity index (χ0) is 19.9. The molecule has 4 atom stereocenters. The Labute approximate surface area is 166 Å². The van der Waals surface area contributed by atoms with Crippen molar-refractivity contribution in [2.24, 2.45) is 21.8 Å². The second-order valence-electron chi connectivity index (χ2n) is 8.57. The highest BCUT2D eigenvalue weighted by Crippen LogP contribution is 2.40. The molecule has 4 rings (SSSR count). The van der Waals surface area contributed by atoms with Crippen LogP contribution in [-0.2, 0) is 24.7 Å². The Balaban J connectivity index is 1.66. The summed E-state index contributed by atoms with van der Waals surface area (Å²) in [5, 5.41) is 0. The second kappa shape index (κ2) is 7.48. The molecule has 3 aliphatic rings. The SMILES string of the molecule is CC(C)[C@H]1COC([C@@H]2OC(C)(c3ccccc3)O[C@H]2C2=N[C@@H](C(C)C)CO2)=N1. The predicted octanol–water partition coefficient (Wildman–Crippen LogP) is 3.55. The summed E-state index contributed by atoms with van der Waals surface area (Å²) in [7, 11) is 0. The Morgan fingerprint density at radius 2 is 1.29 bits per heavy atom. The lowest BCUT2D eigenvalue weighted by Gasteiger charge is -2.23. The zero-order valence-electron chi connectivity index (χ0n) is 17.3. The molecule has 0 unspecified atom stereocenters. The number of rotatable bonds is 5. The Bertz CT molecular complexity index is 717. The van der Waals surface area contributed by atoms with E-state index in [-0.39, 0.29) is 12.1 Å². The van der Waals surface area contributed by atoms with Crippen LogP contribution in [0.2, 0.25) is 0 Å². The van der Waals surface area contributed by atoms with Gasteiger partial charge in [0.15, 0.2) is 18.0 Å². The summed E-state index contributed by atoms with van der Waals surface area (Å²) in [6.07, 6.45) is -0.947. The van der Waals surface area contributed by atoms with E-state index in [1.54, 1.807) is 0 Å². The van der Waals surface area contributed by atoms with Crippen LogP contribution in [0.4, 0.5) is 0 Å². The molecule has 28 heavy (non-hydrogen) atoms. The van der Waals surface area contributed by atoms with Crippen molar-refractivity contribution in [3.63, 3.8) is 0 Å². The topological polar surface area (TPSA) is 61.6 Å². The first-order valence-electron chi connectivity index (χ1n) is 10.2. The van der Waals surface area contributed by atoms with Crippen molar-refractivity contribution >= 4 is 11.8 Å². The number of nitrogens with zero attached hydrogens (tertiary/aromatic N) is 2. The monoisotopic (exact) mass is 386 g/mol. The lowest BCUT2D eigenvalue weighted by molar-refractivity contribution is -0.161. The van der Waals surface area contributed by atoms with Crippen molar-refractivity contribution in [2.45, 2.75) is 64.7 Å². The molecular formula is C22H30N2O4. The van der Waals surface area contributed by atoms with Crippen LogP contribution in [0.1, 0.15) is 40.2 Å². The van der Waals surface area contributed by atoms with Crippen molar-refractivity contribution in [2.75, 3.05) is 13.2 Å². The molecule has 0 bridgehead atoms. The zero-order valence-corrected chi connectivity index (χ0v) is 17.3. The molecule has 0 spiro atoms. The number of ether oxygens (including phenoxy) is 4. The average molecular weight is 386 g/mol. The van der Waals surface area contributed by atoms with E-state index in [0.29, 0.717) is 36.8 Å². The van der Waals surface area contributed by atoms with Gasteiger partial charge in [0.1, 0.15) is 13.2 Å². The van der Waals surface area contributed by atoms with E-state index in [1.165, 1.54) is 0 Å². The maximum Gasteiger partial charge on any atom is 0.217 e. The summed E-state index contributed by atoms with van der Waals surface area (Å²) >= 11 is 0. The largest absolute Gasteiger partial charge is 0.477 e. The third kappa shape index (κ3) is 3.55. The summed E-state index contributed by atoms with van der Waals surface area (Å²) in [4.78, 5) is 9.57. The van der Waals surface area contributed by atoms with Gasteiger partial charge in [-0.2, -0.15) is 0 Å². The van der Waals surface area contributed by atoms with E-state index in [4.69, 9.17) is 28.9 Å². The lowest BCUT2D eigenvalue weighted by atomic mass is 10.1. The molecule has 6 nitrogen and oxygen atoms in total. The van der Waals surface area contributed by atoms with Crippen LogP contribution in [-0.4, -0.2) is 49.3 Å². The van der Waals surface area contributed by atoms with Gasteiger partial charge in [0.25, 0.3) is 0 Å². The van der Waals surface area contributed by atoms with Crippen molar-refractivity contribution in [1.82, 2.24) is 0 Å². The molecule has 1 fully saturated rings. The van der Waals surface area contributed by atoms with Crippen molar-refractivity contribution in [3.05, 3.63) is 35.9 Å². The number of hydrogen-bond donors (Lipinski definition) is 0. The minimum absolute atomic E-state index is 0.137. The van der Waals surface area contributed by atoms with Crippen LogP contribution in [0.25, 0.3) is 0 Å². The Hall–Kier alpha value is -1.92. The summed E-state index contributed by atoms with van der Waals surface area (Å²) in [5.74, 6) is 1.07. The summed E-state index contributed by atoms with van der Waals surface area (Å²) in [5.41, 5.74) is 0.945. The van der Waals surface area contributed by atoms with Crippen molar-refractivity contribution in [1.29, 1.82) is 0 Å². The van der Waals surface area contributed by atoms with Crippen LogP contribution in [0.5, 0.6) is 0 Å². The number of aliphatic imine (C=N–C) groups is 2. The van der Waals surface area contributed by atoms with Gasteiger partial charge >= 0.3 is 0 Å². The van der Waals surface area contributed by atoms with Crippen molar-refractivity contribution < 1.29 is 18.9 Å². The van der Waals surface area contributed by atoms with Crippen LogP contribution in [0.15, 0.2) is 40.3 Å². The quantitative estimate of drug-likeness (QED) is 0.776. The van der Waals surface area contributed by atoms with Gasteiger partial charge in [-0.1, -0.05) is 58.0 Å². The van der Waals surface area contributed by atoms with E-state index in [9.17, 15) is 0 Å². The molecule has 0 saturated carbocycles. The van der Waals surface area contributed by atoms with E-state index in [0.717, 1.165) is 5.56 Å². The second-order valence-corrected chi connectivity index (χ2v) is 8.57. The lowest BCUT2D eigenvalue weighted by Crippen LogP contribution is -2.37. The molecule has 0 radical (unpaired) electrons. The van der Waals surface area contributed by atoms with Crippen LogP contribution < -0.4 is 0 Å². The van der Waals surface area contributed by atoms with Gasteiger partial charge in [0.05, 0.1) is 12.1 Å². The fourth-order valence-electron chi connectivity index (χ4n) is 3.68. The average Bonchev–Trinajstić information content (AvgIpc) is 3.40. The van der Waals surface area contributed by atoms with E-state index in [2.05, 4.69) is 27.7 Å². The molecule has 6 heteroatoms. The van der Waals surface area contributed by atoms with Gasteiger partial charge in [-0.3, -0.25) is 0 Å². The highest BCUT2D eigenvalue weighted by molar-refractivity contribution is 5.93. The Kier molecular flexibility index (Phi) is 5.19. The van der Waals surface area contributed by atoms with E-state index < -0.39 is 18.0 Å². The summed E-state index contributed by atoms with van der Waals surface area (Å²) in [6.45, 7) is 11.7. The van der Waals surface area contributed by atoms with Gasteiger partial charge in [-0.05, 0) is 18.8 Å². The van der Waals surface area contributed by atoms with Gasteiger partial charge in [-0.25, -0.2) is 9.98 Å². The first-order valence-corrected chi connectivity index (χ1v) is 10.2. The smallest absolute Gasteiger partial charge is 0.217 e. The molecule has 1 aromatic rings. The summed E-state index contributed by atoms with van der Waals surface area (Å²) < 4.78 is 24.7. The van der Waals surface area contributed by atoms with Gasteiger partial charge in [-0.15, -0.1) is 0 Å². The molecule has 1 aromatic carbocycles. The molecule has 3 heterocycles. The number of hydrogen-bond acceptors (Lipinski definition) is 6. The Morgan fingerprint density at radius 1 is 0.821 bits per heavy atom. The first-order chi connectivity index (χ1) is 13.4. The predicted molar refractivity (Wildman–Crippen MR) is 108 cm³/mol. The van der Waals surface area contributed by atoms with Crippen molar-refractivity contribution in [3.8, 4) is 0 Å². The fourth-order valence-corrected chi connectivity index (χ4v) is 3.68. The fraction of sp³-hybridized carbons (Fsp3) is 0.636. The minimum Gasteiger partial charge on any atom is -0.477 e. The molecule has 3 aliphatic heterocycles. The van der Waals surface area contributed by atoms with Crippen LogP contribution in [0.3, 0.4) is 0 Å². The highest BCUT2D eigenvalue weighted by Gasteiger charge is 2.53. The molecule has 0 aromatic heterocycles. The van der Waals surface area contributed by atoms with E-state index in [1.807, 2.05) is 37.3 Å². The van der Waals surface area contributed by atoms with E-state index >= 15 is 0 Å². The maximum absolute atomic E-state index is 6.43. The Morgan fingerprint density at radius 3 is 1.68 bits per heavy atom. The normalized spacial score (nSPS) is 31.7. The van der Waals surface area contributed by atoms with Gasteiger partial charge in [0.2, 0.25) is 11.8 Å². The maximum atomic E-state index is 6.43. The molecule has 0 N–H and O–H groups in total. The summed E-state index contributed by atoms with van der Waals surface area (Å²) in [6, 6.07) is 10.2. The number of benzene rings is 1. The molecule has 0 aliphatic carbocycles. The molecule has 1 saturated heterocycles. The molecule has 152 valence electrons.